The summed E-state index contributed by atoms with van der Waals surface area (Å²) in [6.07, 6.45) is 1.98. The van der Waals surface area contributed by atoms with Gasteiger partial charge in [-0.3, -0.25) is 0 Å². The summed E-state index contributed by atoms with van der Waals surface area (Å²) in [5, 5.41) is 13.1. The number of aliphatic hydroxyl groups is 1. The van der Waals surface area contributed by atoms with Crippen LogP contribution in [0, 0.1) is 12.3 Å². The fraction of sp³-hybridized carbons (Fsp3) is 0.625. The molecule has 0 aliphatic heterocycles. The third kappa shape index (κ3) is 3.87. The van der Waals surface area contributed by atoms with Gasteiger partial charge in [0.05, 0.1) is 6.61 Å². The van der Waals surface area contributed by atoms with E-state index >= 15 is 0 Å². The molecule has 1 rings (SSSR count). The van der Waals surface area contributed by atoms with Crippen LogP contribution in [-0.2, 0) is 0 Å². The zero-order valence-electron chi connectivity index (χ0n) is 13.0. The molecule has 0 aliphatic carbocycles. The van der Waals surface area contributed by atoms with Crippen LogP contribution in [0.25, 0.3) is 0 Å². The van der Waals surface area contributed by atoms with Gasteiger partial charge in [-0.2, -0.15) is 0 Å². The van der Waals surface area contributed by atoms with Crippen molar-refractivity contribution in [2.45, 2.75) is 33.6 Å². The third-order valence-electron chi connectivity index (χ3n) is 4.22. The highest BCUT2D eigenvalue weighted by molar-refractivity contribution is 5.59. The maximum Gasteiger partial charge on any atom is 0.0504 e. The van der Waals surface area contributed by atoms with Gasteiger partial charge in [0.25, 0.3) is 0 Å². The molecule has 0 saturated heterocycles. The first kappa shape index (κ1) is 15.8. The summed E-state index contributed by atoms with van der Waals surface area (Å²) >= 11 is 0. The lowest BCUT2D eigenvalue weighted by Gasteiger charge is -2.30. The van der Waals surface area contributed by atoms with Crippen LogP contribution in [0.2, 0.25) is 0 Å². The Morgan fingerprint density at radius 1 is 1.21 bits per heavy atom. The van der Waals surface area contributed by atoms with Gasteiger partial charge >= 0.3 is 0 Å². The highest BCUT2D eigenvalue weighted by Gasteiger charge is 2.24. The summed E-state index contributed by atoms with van der Waals surface area (Å²) in [6, 6.07) is 6.42. The molecule has 0 bridgehead atoms. The van der Waals surface area contributed by atoms with Crippen LogP contribution >= 0.6 is 0 Å². The summed E-state index contributed by atoms with van der Waals surface area (Å²) in [4.78, 5) is 2.10. The van der Waals surface area contributed by atoms with E-state index in [-0.39, 0.29) is 12.0 Å². The standard InChI is InChI=1S/C16H28N2O/c1-6-16(7-2,12-19)11-17-15-9-8-14(18(4)5)10-13(15)3/h8-10,17,19H,6-7,11-12H2,1-5H3. The summed E-state index contributed by atoms with van der Waals surface area (Å²) in [5.41, 5.74) is 3.60. The van der Waals surface area contributed by atoms with Crippen molar-refractivity contribution in [1.29, 1.82) is 0 Å². The minimum absolute atomic E-state index is 0.00728. The number of hydrogen-bond donors (Lipinski definition) is 2. The average molecular weight is 264 g/mol. The van der Waals surface area contributed by atoms with Crippen LogP contribution in [-0.4, -0.2) is 32.4 Å². The van der Waals surface area contributed by atoms with Gasteiger partial charge in [0, 0.05) is 37.4 Å². The van der Waals surface area contributed by atoms with Crippen molar-refractivity contribution in [3.05, 3.63) is 23.8 Å². The second-order valence-corrected chi connectivity index (χ2v) is 5.61. The second-order valence-electron chi connectivity index (χ2n) is 5.61. The van der Waals surface area contributed by atoms with E-state index in [4.69, 9.17) is 0 Å². The van der Waals surface area contributed by atoms with Crippen molar-refractivity contribution in [2.75, 3.05) is 37.5 Å². The van der Waals surface area contributed by atoms with E-state index in [0.717, 1.165) is 25.1 Å². The van der Waals surface area contributed by atoms with Gasteiger partial charge in [-0.15, -0.1) is 0 Å². The van der Waals surface area contributed by atoms with Crippen LogP contribution in [0.3, 0.4) is 0 Å². The van der Waals surface area contributed by atoms with E-state index in [0.29, 0.717) is 0 Å². The summed E-state index contributed by atoms with van der Waals surface area (Å²) in [7, 11) is 4.10. The summed E-state index contributed by atoms with van der Waals surface area (Å²) in [6.45, 7) is 7.46. The number of aliphatic hydroxyl groups excluding tert-OH is 1. The van der Waals surface area contributed by atoms with Gasteiger partial charge in [0.15, 0.2) is 0 Å². The normalized spacial score (nSPS) is 11.5. The lowest BCUT2D eigenvalue weighted by molar-refractivity contribution is 0.127. The van der Waals surface area contributed by atoms with Crippen molar-refractivity contribution in [2.24, 2.45) is 5.41 Å². The van der Waals surface area contributed by atoms with Crippen LogP contribution < -0.4 is 10.2 Å². The highest BCUT2D eigenvalue weighted by atomic mass is 16.3. The Balaban J connectivity index is 2.78. The van der Waals surface area contributed by atoms with Crippen LogP contribution in [0.4, 0.5) is 11.4 Å². The zero-order valence-corrected chi connectivity index (χ0v) is 13.0. The summed E-state index contributed by atoms with van der Waals surface area (Å²) in [5.74, 6) is 0. The molecule has 0 aliphatic rings. The van der Waals surface area contributed by atoms with Crippen molar-refractivity contribution < 1.29 is 5.11 Å². The molecule has 108 valence electrons. The van der Waals surface area contributed by atoms with Crippen LogP contribution in [0.15, 0.2) is 18.2 Å². The fourth-order valence-electron chi connectivity index (χ4n) is 2.19. The predicted molar refractivity (Wildman–Crippen MR) is 84.1 cm³/mol. The Bertz CT molecular complexity index is 389. The lowest BCUT2D eigenvalue weighted by Crippen LogP contribution is -2.32. The quantitative estimate of drug-likeness (QED) is 0.793. The molecule has 0 aromatic heterocycles. The van der Waals surface area contributed by atoms with E-state index in [1.54, 1.807) is 0 Å². The second kappa shape index (κ2) is 6.80. The number of benzene rings is 1. The Morgan fingerprint density at radius 3 is 2.26 bits per heavy atom. The number of nitrogens with zero attached hydrogens (tertiary/aromatic N) is 1. The van der Waals surface area contributed by atoms with Crippen LogP contribution in [0.1, 0.15) is 32.3 Å². The largest absolute Gasteiger partial charge is 0.396 e. The Morgan fingerprint density at radius 2 is 1.84 bits per heavy atom. The zero-order chi connectivity index (χ0) is 14.5. The van der Waals surface area contributed by atoms with Gasteiger partial charge in [-0.25, -0.2) is 0 Å². The van der Waals surface area contributed by atoms with Gasteiger partial charge in [0.1, 0.15) is 0 Å². The molecular formula is C16H28N2O. The number of anilines is 2. The Kier molecular flexibility index (Phi) is 5.67. The molecule has 0 heterocycles. The first-order valence-electron chi connectivity index (χ1n) is 7.10. The van der Waals surface area contributed by atoms with E-state index in [9.17, 15) is 5.11 Å². The van der Waals surface area contributed by atoms with Crippen molar-refractivity contribution in [1.82, 2.24) is 0 Å². The molecule has 0 spiro atoms. The molecule has 0 radical (unpaired) electrons. The van der Waals surface area contributed by atoms with Crippen molar-refractivity contribution >= 4 is 11.4 Å². The average Bonchev–Trinajstić information content (AvgIpc) is 2.42. The number of rotatable bonds is 7. The topological polar surface area (TPSA) is 35.5 Å². The highest BCUT2D eigenvalue weighted by Crippen LogP contribution is 2.28. The van der Waals surface area contributed by atoms with E-state index in [1.807, 2.05) is 14.1 Å². The number of hydrogen-bond acceptors (Lipinski definition) is 3. The third-order valence-corrected chi connectivity index (χ3v) is 4.22. The van der Waals surface area contributed by atoms with E-state index in [1.165, 1.54) is 11.3 Å². The Hall–Kier alpha value is -1.22. The molecule has 1 aromatic carbocycles. The smallest absolute Gasteiger partial charge is 0.0504 e. The first-order valence-corrected chi connectivity index (χ1v) is 7.10. The van der Waals surface area contributed by atoms with E-state index in [2.05, 4.69) is 49.2 Å². The number of nitrogens with one attached hydrogen (secondary N) is 1. The van der Waals surface area contributed by atoms with E-state index < -0.39 is 0 Å². The lowest BCUT2D eigenvalue weighted by atomic mass is 9.83. The van der Waals surface area contributed by atoms with Crippen LogP contribution in [0.5, 0.6) is 0 Å². The minimum atomic E-state index is -0.00728. The molecule has 2 N–H and O–H groups in total. The predicted octanol–water partition coefficient (Wildman–Crippen LogP) is 3.27. The molecule has 0 atom stereocenters. The maximum atomic E-state index is 9.59. The molecule has 0 amide bonds. The Labute approximate surface area is 117 Å². The molecule has 1 aromatic rings. The molecule has 0 fully saturated rings. The number of aryl methyl sites for hydroxylation is 1. The molecule has 0 unspecified atom stereocenters. The summed E-state index contributed by atoms with van der Waals surface area (Å²) < 4.78 is 0. The molecule has 3 heteroatoms. The van der Waals surface area contributed by atoms with Gasteiger partial charge in [-0.1, -0.05) is 13.8 Å². The SMILES string of the molecule is CCC(CC)(CO)CNc1ccc(N(C)C)cc1C. The maximum absolute atomic E-state index is 9.59. The molecule has 0 saturated carbocycles. The van der Waals surface area contributed by atoms with Gasteiger partial charge in [-0.05, 0) is 43.5 Å². The molecule has 3 nitrogen and oxygen atoms in total. The van der Waals surface area contributed by atoms with Crippen molar-refractivity contribution in [3.8, 4) is 0 Å². The first-order chi connectivity index (χ1) is 8.98. The van der Waals surface area contributed by atoms with Crippen molar-refractivity contribution in [3.63, 3.8) is 0 Å². The minimum Gasteiger partial charge on any atom is -0.396 e. The molecule has 19 heavy (non-hydrogen) atoms. The fourth-order valence-corrected chi connectivity index (χ4v) is 2.19. The van der Waals surface area contributed by atoms with Gasteiger partial charge < -0.3 is 15.3 Å². The van der Waals surface area contributed by atoms with Gasteiger partial charge in [0.2, 0.25) is 0 Å². The monoisotopic (exact) mass is 264 g/mol. The molecular weight excluding hydrogens is 236 g/mol.